The van der Waals surface area contributed by atoms with E-state index in [0.717, 1.165) is 18.0 Å². The van der Waals surface area contributed by atoms with Crippen molar-refractivity contribution in [1.82, 2.24) is 24.6 Å². The van der Waals surface area contributed by atoms with Crippen molar-refractivity contribution in [3.05, 3.63) is 65.0 Å². The topological polar surface area (TPSA) is 124 Å². The summed E-state index contributed by atoms with van der Waals surface area (Å²) in [5, 5.41) is 28.5. The third kappa shape index (κ3) is 7.27. The van der Waals surface area contributed by atoms with Gasteiger partial charge in [0.25, 0.3) is 0 Å². The molecule has 1 atom stereocenters. The maximum atomic E-state index is 9.10. The van der Waals surface area contributed by atoms with Crippen LogP contribution in [0.1, 0.15) is 49.7 Å². The van der Waals surface area contributed by atoms with E-state index in [-0.39, 0.29) is 0 Å². The second kappa shape index (κ2) is 12.6. The van der Waals surface area contributed by atoms with Crippen LogP contribution in [0, 0.1) is 5.92 Å². The van der Waals surface area contributed by atoms with Crippen LogP contribution >= 0.6 is 11.3 Å². The molecule has 5 rings (SSSR count). The Kier molecular flexibility index (Phi) is 9.08. The lowest BCUT2D eigenvalue weighted by atomic mass is 9.90. The number of piperidine rings is 1. The van der Waals surface area contributed by atoms with Gasteiger partial charge in [0.2, 0.25) is 0 Å². The van der Waals surface area contributed by atoms with Gasteiger partial charge in [0.15, 0.2) is 0 Å². The van der Waals surface area contributed by atoms with Gasteiger partial charge >= 0.3 is 11.9 Å². The van der Waals surface area contributed by atoms with Gasteiger partial charge in [-0.15, -0.1) is 10.2 Å². The second-order valence-electron chi connectivity index (χ2n) is 9.62. The van der Waals surface area contributed by atoms with Gasteiger partial charge in [-0.2, -0.15) is 11.3 Å². The van der Waals surface area contributed by atoms with Crippen molar-refractivity contribution in [1.29, 1.82) is 0 Å². The Balaban J connectivity index is 0.000000480. The molecule has 3 N–H and O–H groups in total. The molecule has 10 heteroatoms. The van der Waals surface area contributed by atoms with Crippen molar-refractivity contribution >= 4 is 34.2 Å². The molecule has 1 saturated heterocycles. The highest BCUT2D eigenvalue weighted by Crippen LogP contribution is 2.28. The fourth-order valence-corrected chi connectivity index (χ4v) is 5.74. The third-order valence-corrected chi connectivity index (χ3v) is 7.76. The van der Waals surface area contributed by atoms with Gasteiger partial charge in [-0.3, -0.25) is 4.57 Å². The summed E-state index contributed by atoms with van der Waals surface area (Å²) in [4.78, 5) is 24.3. The summed E-state index contributed by atoms with van der Waals surface area (Å²) in [7, 11) is 0. The molecule has 0 amide bonds. The minimum atomic E-state index is -1.82. The standard InChI is InChI=1S/C25H31N5S.C2H2O4/c1-19(22-9-12-31-16-22)15-29-10-7-20(8-11-29)3-2-4-21-14-26-25-6-5-23(13-24(21)25)30-17-27-28-18-30;3-1(4)2(5)6/h5-6,9,12-14,16-20,26H,2-4,7-8,10-11,15H2,1H3;(H,3,4)(H,5,6). The number of thiophene rings is 1. The smallest absolute Gasteiger partial charge is 0.414 e. The largest absolute Gasteiger partial charge is 0.473 e. The first kappa shape index (κ1) is 26.6. The molecule has 196 valence electrons. The van der Waals surface area contributed by atoms with Crippen molar-refractivity contribution < 1.29 is 19.8 Å². The Hall–Kier alpha value is -3.50. The molecule has 1 unspecified atom stereocenters. The number of H-pyrrole nitrogens is 1. The van der Waals surface area contributed by atoms with E-state index in [1.807, 2.05) is 15.9 Å². The number of nitrogens with one attached hydrogen (secondary N) is 1. The Morgan fingerprint density at radius 3 is 2.51 bits per heavy atom. The first-order valence-corrected chi connectivity index (χ1v) is 13.5. The van der Waals surface area contributed by atoms with E-state index in [0.29, 0.717) is 5.92 Å². The lowest BCUT2D eigenvalue weighted by Crippen LogP contribution is -2.36. The predicted molar refractivity (Wildman–Crippen MR) is 143 cm³/mol. The average Bonchev–Trinajstić information content (AvgIpc) is 3.67. The first-order chi connectivity index (χ1) is 17.9. The third-order valence-electron chi connectivity index (χ3n) is 7.06. The number of aliphatic carboxylic acids is 2. The number of aryl methyl sites for hydroxylation is 1. The molecule has 0 bridgehead atoms. The summed E-state index contributed by atoms with van der Waals surface area (Å²) in [6.07, 6.45) is 12.1. The van der Waals surface area contributed by atoms with Gasteiger partial charge in [-0.1, -0.05) is 13.3 Å². The normalized spacial score (nSPS) is 15.3. The van der Waals surface area contributed by atoms with Crippen molar-refractivity contribution in [2.75, 3.05) is 19.6 Å². The highest BCUT2D eigenvalue weighted by atomic mass is 32.1. The lowest BCUT2D eigenvalue weighted by Gasteiger charge is -2.33. The average molecular weight is 524 g/mol. The number of aromatic amines is 1. The fraction of sp³-hybridized carbons (Fsp3) is 0.407. The minimum absolute atomic E-state index is 0.646. The molecular weight excluding hydrogens is 490 g/mol. The number of likely N-dealkylation sites (tertiary alicyclic amines) is 1. The number of carboxylic acid groups (broad SMARTS) is 2. The van der Waals surface area contributed by atoms with Gasteiger partial charge < -0.3 is 20.1 Å². The van der Waals surface area contributed by atoms with Gasteiger partial charge in [0.05, 0.1) is 0 Å². The Morgan fingerprint density at radius 2 is 1.86 bits per heavy atom. The van der Waals surface area contributed by atoms with Crippen LogP contribution < -0.4 is 0 Å². The molecule has 0 saturated carbocycles. The van der Waals surface area contributed by atoms with Gasteiger partial charge in [-0.05, 0) is 96.8 Å². The molecule has 1 aromatic carbocycles. The van der Waals surface area contributed by atoms with E-state index in [1.165, 1.54) is 67.3 Å². The van der Waals surface area contributed by atoms with E-state index in [4.69, 9.17) is 19.8 Å². The number of carbonyl (C=O) groups is 2. The number of rotatable bonds is 8. The molecule has 37 heavy (non-hydrogen) atoms. The lowest BCUT2D eigenvalue weighted by molar-refractivity contribution is -0.159. The zero-order valence-corrected chi connectivity index (χ0v) is 21.7. The van der Waals surface area contributed by atoms with Crippen LogP contribution in [0.15, 0.2) is 53.9 Å². The molecule has 1 aliphatic heterocycles. The quantitative estimate of drug-likeness (QED) is 0.283. The minimum Gasteiger partial charge on any atom is -0.473 e. The van der Waals surface area contributed by atoms with Gasteiger partial charge in [0, 0.05) is 29.3 Å². The number of nitrogens with zero attached hydrogens (tertiary/aromatic N) is 4. The van der Waals surface area contributed by atoms with Crippen molar-refractivity contribution in [2.45, 2.75) is 44.9 Å². The van der Waals surface area contributed by atoms with E-state index in [2.05, 4.69) is 68.2 Å². The van der Waals surface area contributed by atoms with E-state index >= 15 is 0 Å². The molecule has 0 spiro atoms. The molecule has 1 fully saturated rings. The van der Waals surface area contributed by atoms with Crippen LogP contribution in [-0.4, -0.2) is 66.4 Å². The van der Waals surface area contributed by atoms with Crippen molar-refractivity contribution in [3.8, 4) is 5.69 Å². The molecule has 0 aliphatic carbocycles. The predicted octanol–water partition coefficient (Wildman–Crippen LogP) is 4.80. The fourth-order valence-electron chi connectivity index (χ4n) is 4.95. The Morgan fingerprint density at radius 1 is 1.14 bits per heavy atom. The van der Waals surface area contributed by atoms with Crippen LogP contribution in [-0.2, 0) is 16.0 Å². The maximum Gasteiger partial charge on any atom is 0.414 e. The summed E-state index contributed by atoms with van der Waals surface area (Å²) < 4.78 is 1.96. The molecule has 4 aromatic rings. The number of fused-ring (bicyclic) bond motifs is 1. The second-order valence-corrected chi connectivity index (χ2v) is 10.4. The summed E-state index contributed by atoms with van der Waals surface area (Å²) >= 11 is 1.81. The van der Waals surface area contributed by atoms with Crippen molar-refractivity contribution in [3.63, 3.8) is 0 Å². The number of aromatic nitrogens is 4. The van der Waals surface area contributed by atoms with Crippen molar-refractivity contribution in [2.24, 2.45) is 5.92 Å². The summed E-state index contributed by atoms with van der Waals surface area (Å²) in [5.74, 6) is -2.12. The van der Waals surface area contributed by atoms with Crippen LogP contribution in [0.4, 0.5) is 0 Å². The Bertz CT molecular complexity index is 1270. The van der Waals surface area contributed by atoms with Crippen LogP contribution in [0.25, 0.3) is 16.6 Å². The van der Waals surface area contributed by atoms with Crippen LogP contribution in [0.2, 0.25) is 0 Å². The van der Waals surface area contributed by atoms with Crippen LogP contribution in [0.3, 0.4) is 0 Å². The van der Waals surface area contributed by atoms with E-state index in [9.17, 15) is 0 Å². The van der Waals surface area contributed by atoms with Crippen LogP contribution in [0.5, 0.6) is 0 Å². The monoisotopic (exact) mass is 523 g/mol. The maximum absolute atomic E-state index is 9.10. The zero-order valence-electron chi connectivity index (χ0n) is 20.9. The molecule has 1 aliphatic rings. The molecule has 9 nitrogen and oxygen atoms in total. The zero-order chi connectivity index (χ0) is 26.2. The molecule has 4 heterocycles. The summed E-state index contributed by atoms with van der Waals surface area (Å²) in [5.41, 5.74) is 5.24. The number of hydrogen-bond donors (Lipinski definition) is 3. The highest BCUT2D eigenvalue weighted by molar-refractivity contribution is 7.08. The Labute approximate surface area is 219 Å². The number of benzene rings is 1. The highest BCUT2D eigenvalue weighted by Gasteiger charge is 2.21. The molecule has 3 aromatic heterocycles. The SMILES string of the molecule is CC(CN1CCC(CCCc2c[nH]c3ccc(-n4cnnc4)cc23)CC1)c1ccsc1.O=C(O)C(=O)O. The first-order valence-electron chi connectivity index (χ1n) is 12.6. The van der Waals surface area contributed by atoms with Gasteiger partial charge in [0.1, 0.15) is 12.7 Å². The summed E-state index contributed by atoms with van der Waals surface area (Å²) in [6, 6.07) is 8.79. The number of hydrogen-bond acceptors (Lipinski definition) is 6. The van der Waals surface area contributed by atoms with Gasteiger partial charge in [-0.25, -0.2) is 9.59 Å². The van der Waals surface area contributed by atoms with E-state index < -0.39 is 11.9 Å². The molecular formula is C27H33N5O4S. The molecule has 0 radical (unpaired) electrons. The summed E-state index contributed by atoms with van der Waals surface area (Å²) in [6.45, 7) is 6.08. The number of carboxylic acids is 2. The van der Waals surface area contributed by atoms with E-state index in [1.54, 1.807) is 12.7 Å².